The summed E-state index contributed by atoms with van der Waals surface area (Å²) in [6, 6.07) is 5.97. The lowest BCUT2D eigenvalue weighted by molar-refractivity contribution is -0.0329. The number of aromatic nitrogens is 3. The first-order valence-corrected chi connectivity index (χ1v) is 14.7. The summed E-state index contributed by atoms with van der Waals surface area (Å²) in [4.78, 5) is 12.5. The normalized spacial score (nSPS) is 26.9. The van der Waals surface area contributed by atoms with Crippen LogP contribution in [0.25, 0.3) is 5.52 Å². The van der Waals surface area contributed by atoms with Gasteiger partial charge in [0.1, 0.15) is 5.03 Å². The van der Waals surface area contributed by atoms with E-state index in [1.54, 1.807) is 33.6 Å². The molecular formula is C30H30F3N5OS. The number of amides is 1. The fourth-order valence-electron chi connectivity index (χ4n) is 6.95. The van der Waals surface area contributed by atoms with Crippen LogP contribution in [0, 0.1) is 29.1 Å². The Labute approximate surface area is 234 Å². The molecule has 4 atom stereocenters. The van der Waals surface area contributed by atoms with Crippen LogP contribution in [0.1, 0.15) is 67.4 Å². The zero-order valence-corrected chi connectivity index (χ0v) is 22.9. The number of pyridine rings is 1. The molecule has 208 valence electrons. The molecular weight excluding hydrogens is 535 g/mol. The van der Waals surface area contributed by atoms with Crippen molar-refractivity contribution in [3.8, 4) is 11.8 Å². The molecule has 2 unspecified atom stereocenters. The van der Waals surface area contributed by atoms with E-state index >= 15 is 0 Å². The highest BCUT2D eigenvalue weighted by atomic mass is 32.2. The number of nitrogens with one attached hydrogen (secondary N) is 2. The topological polar surface area (TPSA) is 63.4 Å². The zero-order valence-electron chi connectivity index (χ0n) is 22.1. The van der Waals surface area contributed by atoms with Crippen LogP contribution in [-0.2, 0) is 0 Å². The molecule has 3 aromatic rings. The molecule has 0 radical (unpaired) electrons. The van der Waals surface area contributed by atoms with Crippen LogP contribution in [0.2, 0.25) is 0 Å². The van der Waals surface area contributed by atoms with Gasteiger partial charge in [-0.25, -0.2) is 0 Å². The Bertz CT molecular complexity index is 1590. The molecule has 2 fully saturated rings. The number of allylic oxidation sites excluding steroid dienone is 1. The second-order valence-electron chi connectivity index (χ2n) is 11.8. The number of carbonyl (C=O) groups is 1. The van der Waals surface area contributed by atoms with Crippen LogP contribution in [0.3, 0.4) is 0 Å². The standard InChI is InChI=1S/C30H30F3N5OS/c1-29-14-19-6-9-24(20(15-29)12-23(19)29)36-25-5-3-11-37-26(25)13-18(28(37)40-30(31,32)33)4-2-10-34-27(39)21-16-35-38(17-21)22-7-8-22/h3,5,11-13,16-17,19,22-24,36H,6-10,14-15H2,1H3,(H,34,39)/t19-,23?,24-,29?/m1/s1. The quantitative estimate of drug-likeness (QED) is 0.206. The minimum Gasteiger partial charge on any atom is -0.377 e. The van der Waals surface area contributed by atoms with E-state index in [1.165, 1.54) is 24.6 Å². The van der Waals surface area contributed by atoms with Crippen LogP contribution in [0.5, 0.6) is 0 Å². The fourth-order valence-corrected chi connectivity index (χ4v) is 7.65. The average molecular weight is 566 g/mol. The SMILES string of the molecule is CC12CC3=CC1[C@H](CC[C@H]3Nc1cccn3c(SC(F)(F)F)c(C#CCNC(=O)c4cnn(C5CC5)c4)cc13)C2. The molecule has 0 aromatic carbocycles. The Kier molecular flexibility index (Phi) is 6.00. The molecule has 2 N–H and O–H groups in total. The van der Waals surface area contributed by atoms with Crippen molar-refractivity contribution in [1.82, 2.24) is 19.5 Å². The molecule has 2 bridgehead atoms. The summed E-state index contributed by atoms with van der Waals surface area (Å²) < 4.78 is 44.1. The summed E-state index contributed by atoms with van der Waals surface area (Å²) in [5, 5.41) is 10.6. The van der Waals surface area contributed by atoms with Crippen molar-refractivity contribution in [3.05, 3.63) is 59.6 Å². The number of nitrogens with zero attached hydrogens (tertiary/aromatic N) is 3. The summed E-state index contributed by atoms with van der Waals surface area (Å²) in [6.07, 6.45) is 14.1. The lowest BCUT2D eigenvalue weighted by Gasteiger charge is -2.51. The van der Waals surface area contributed by atoms with Crippen LogP contribution in [0.15, 0.2) is 53.5 Å². The Hall–Kier alpha value is -3.32. The Balaban J connectivity index is 1.12. The first kappa shape index (κ1) is 25.6. The monoisotopic (exact) mass is 565 g/mol. The van der Waals surface area contributed by atoms with Gasteiger partial charge in [0, 0.05) is 30.2 Å². The molecule has 4 aliphatic carbocycles. The molecule has 4 aliphatic rings. The number of halogens is 3. The molecule has 0 saturated heterocycles. The highest BCUT2D eigenvalue weighted by molar-refractivity contribution is 8.00. The molecule has 6 nitrogen and oxygen atoms in total. The predicted octanol–water partition coefficient (Wildman–Crippen LogP) is 6.41. The third-order valence-electron chi connectivity index (χ3n) is 8.97. The lowest BCUT2D eigenvalue weighted by atomic mass is 9.54. The van der Waals surface area contributed by atoms with Gasteiger partial charge in [-0.05, 0) is 74.0 Å². The third kappa shape index (κ3) is 4.68. The Morgan fingerprint density at radius 3 is 2.92 bits per heavy atom. The van der Waals surface area contributed by atoms with Gasteiger partial charge in [0.05, 0.1) is 41.1 Å². The van der Waals surface area contributed by atoms with Gasteiger partial charge in [0.2, 0.25) is 0 Å². The molecule has 7 rings (SSSR count). The number of fused-ring (bicyclic) bond motifs is 1. The molecule has 3 aromatic heterocycles. The lowest BCUT2D eigenvalue weighted by Crippen LogP contribution is -2.43. The van der Waals surface area contributed by atoms with Crippen molar-refractivity contribution in [2.24, 2.45) is 17.3 Å². The van der Waals surface area contributed by atoms with E-state index in [1.807, 2.05) is 6.07 Å². The van der Waals surface area contributed by atoms with Gasteiger partial charge >= 0.3 is 5.51 Å². The minimum absolute atomic E-state index is 0.0121. The molecule has 10 heteroatoms. The fraction of sp³-hybridized carbons (Fsp3) is 0.467. The van der Waals surface area contributed by atoms with Crippen LogP contribution in [-0.4, -0.2) is 38.2 Å². The van der Waals surface area contributed by atoms with Crippen molar-refractivity contribution in [3.63, 3.8) is 0 Å². The van der Waals surface area contributed by atoms with Gasteiger partial charge in [-0.15, -0.1) is 0 Å². The number of rotatable bonds is 6. The van der Waals surface area contributed by atoms with Crippen LogP contribution in [0.4, 0.5) is 18.9 Å². The Morgan fingerprint density at radius 2 is 2.12 bits per heavy atom. The number of anilines is 1. The number of carbonyl (C=O) groups excluding carboxylic acids is 1. The second kappa shape index (κ2) is 9.37. The van der Waals surface area contributed by atoms with Gasteiger partial charge < -0.3 is 15.0 Å². The van der Waals surface area contributed by atoms with E-state index in [9.17, 15) is 18.0 Å². The van der Waals surface area contributed by atoms with Gasteiger partial charge in [-0.3, -0.25) is 9.48 Å². The first-order valence-electron chi connectivity index (χ1n) is 13.8. The van der Waals surface area contributed by atoms with Gasteiger partial charge in [0.15, 0.2) is 0 Å². The van der Waals surface area contributed by atoms with E-state index in [0.29, 0.717) is 28.5 Å². The van der Waals surface area contributed by atoms with Gasteiger partial charge in [-0.1, -0.05) is 30.4 Å². The number of alkyl halides is 3. The van der Waals surface area contributed by atoms with E-state index in [-0.39, 0.29) is 40.8 Å². The van der Waals surface area contributed by atoms with Gasteiger partial charge in [-0.2, -0.15) is 18.3 Å². The summed E-state index contributed by atoms with van der Waals surface area (Å²) in [7, 11) is 0. The average Bonchev–Trinajstić information content (AvgIpc) is 3.47. The highest BCUT2D eigenvalue weighted by Crippen LogP contribution is 2.63. The maximum atomic E-state index is 13.6. The van der Waals surface area contributed by atoms with E-state index in [0.717, 1.165) is 37.3 Å². The van der Waals surface area contributed by atoms with Crippen molar-refractivity contribution in [2.75, 3.05) is 11.9 Å². The number of hydrogen-bond donors (Lipinski definition) is 2. The highest BCUT2D eigenvalue weighted by Gasteiger charge is 2.54. The summed E-state index contributed by atoms with van der Waals surface area (Å²) in [6.45, 7) is 2.39. The van der Waals surface area contributed by atoms with Crippen LogP contribution >= 0.6 is 11.8 Å². The van der Waals surface area contributed by atoms with E-state index < -0.39 is 5.51 Å². The van der Waals surface area contributed by atoms with Crippen molar-refractivity contribution < 1.29 is 18.0 Å². The Morgan fingerprint density at radius 1 is 1.27 bits per heavy atom. The molecule has 2 saturated carbocycles. The zero-order chi connectivity index (χ0) is 27.6. The van der Waals surface area contributed by atoms with E-state index in [4.69, 9.17) is 0 Å². The largest absolute Gasteiger partial charge is 0.447 e. The summed E-state index contributed by atoms with van der Waals surface area (Å²) in [5.74, 6) is 6.84. The van der Waals surface area contributed by atoms with Crippen molar-refractivity contribution >= 4 is 28.9 Å². The number of thioether (sulfide) groups is 1. The van der Waals surface area contributed by atoms with Crippen molar-refractivity contribution in [2.45, 2.75) is 68.1 Å². The molecule has 1 amide bonds. The maximum absolute atomic E-state index is 13.6. The summed E-state index contributed by atoms with van der Waals surface area (Å²) in [5.41, 5.74) is -0.465. The smallest absolute Gasteiger partial charge is 0.377 e. The number of hydrogen-bond acceptors (Lipinski definition) is 4. The minimum atomic E-state index is -4.47. The van der Waals surface area contributed by atoms with Gasteiger partial charge in [0.25, 0.3) is 5.91 Å². The first-order chi connectivity index (χ1) is 19.2. The molecule has 0 spiro atoms. The summed E-state index contributed by atoms with van der Waals surface area (Å²) >= 11 is -0.166. The maximum Gasteiger partial charge on any atom is 0.447 e. The van der Waals surface area contributed by atoms with Crippen molar-refractivity contribution in [1.29, 1.82) is 0 Å². The third-order valence-corrected chi connectivity index (χ3v) is 9.81. The molecule has 0 aliphatic heterocycles. The van der Waals surface area contributed by atoms with Crippen LogP contribution < -0.4 is 10.6 Å². The second-order valence-corrected chi connectivity index (χ2v) is 12.9. The van der Waals surface area contributed by atoms with E-state index in [2.05, 4.69) is 40.6 Å². The molecule has 40 heavy (non-hydrogen) atoms. The predicted molar refractivity (Wildman–Crippen MR) is 148 cm³/mol. The molecule has 3 heterocycles.